The van der Waals surface area contributed by atoms with Gasteiger partial charge in [0.05, 0.1) is 0 Å². The summed E-state index contributed by atoms with van der Waals surface area (Å²) >= 11 is 0.499. The molecule has 1 N–H and O–H groups in total. The van der Waals surface area contributed by atoms with Crippen LogP contribution < -0.4 is 5.32 Å². The molecule has 0 aliphatic rings. The van der Waals surface area contributed by atoms with Gasteiger partial charge >= 0.3 is 128 Å². The van der Waals surface area contributed by atoms with Crippen LogP contribution in [0.5, 0.6) is 0 Å². The number of hydrogen-bond donors (Lipinski definition) is 1. The van der Waals surface area contributed by atoms with E-state index in [4.69, 9.17) is 9.47 Å². The summed E-state index contributed by atoms with van der Waals surface area (Å²) < 4.78 is 10.2. The van der Waals surface area contributed by atoms with Crippen LogP contribution in [0.15, 0.2) is 0 Å². The fourth-order valence-electron chi connectivity index (χ4n) is 1.31. The number of nitrogens with one attached hydrogen (secondary N) is 1. The Morgan fingerprint density at radius 3 is 2.35 bits per heavy atom. The number of rotatable bonds is 9. The second kappa shape index (κ2) is 11.0. The molecule has 20 heavy (non-hydrogen) atoms. The third kappa shape index (κ3) is 8.43. The van der Waals surface area contributed by atoms with Gasteiger partial charge in [0.1, 0.15) is 0 Å². The summed E-state index contributed by atoms with van der Waals surface area (Å²) in [6.45, 7) is 9.98. The van der Waals surface area contributed by atoms with Crippen molar-refractivity contribution in [2.45, 2.75) is 63.8 Å². The minimum absolute atomic E-state index is 0.161. The molecule has 0 saturated heterocycles. The second-order valence-electron chi connectivity index (χ2n) is 4.79. The molecule has 118 valence electrons. The molecule has 0 aromatic heterocycles. The third-order valence-electron chi connectivity index (χ3n) is 2.85. The van der Waals surface area contributed by atoms with Crippen LogP contribution in [0, 0.1) is 5.92 Å². The van der Waals surface area contributed by atoms with Gasteiger partial charge in [0, 0.05) is 0 Å². The molecule has 0 aromatic rings. The maximum absolute atomic E-state index is 12.1. The van der Waals surface area contributed by atoms with Gasteiger partial charge in [-0.3, -0.25) is 0 Å². The summed E-state index contributed by atoms with van der Waals surface area (Å²) in [6, 6.07) is -0.608. The molecule has 6 heteroatoms. The van der Waals surface area contributed by atoms with Gasteiger partial charge in [0.2, 0.25) is 0 Å². The standard InChI is InChI=1S/C14H27NO4Se/c1-6-18-14(17)15-12(8-9-20-7-2)13(16)19-11(5)10(3)4/h10-12H,6-9H2,1-5H3,(H,15,17)/t11-,12?/m0/s1. The Morgan fingerprint density at radius 2 is 1.85 bits per heavy atom. The van der Waals surface area contributed by atoms with Crippen LogP contribution in [0.25, 0.3) is 0 Å². The van der Waals surface area contributed by atoms with E-state index in [1.54, 1.807) is 6.92 Å². The van der Waals surface area contributed by atoms with Crippen molar-refractivity contribution in [3.05, 3.63) is 0 Å². The zero-order valence-corrected chi connectivity index (χ0v) is 14.8. The van der Waals surface area contributed by atoms with Gasteiger partial charge in [-0.05, 0) is 0 Å². The van der Waals surface area contributed by atoms with Crippen molar-refractivity contribution >= 4 is 27.0 Å². The van der Waals surface area contributed by atoms with E-state index < -0.39 is 12.1 Å². The Kier molecular flexibility index (Phi) is 10.6. The van der Waals surface area contributed by atoms with Crippen molar-refractivity contribution in [2.75, 3.05) is 6.61 Å². The van der Waals surface area contributed by atoms with Crippen LogP contribution in [-0.4, -0.2) is 45.8 Å². The number of esters is 1. The SMILES string of the molecule is CCOC(=O)NC(CC[Se]CC)C(=O)O[C@@H](C)C(C)C. The van der Waals surface area contributed by atoms with Gasteiger partial charge in [-0.15, -0.1) is 0 Å². The van der Waals surface area contributed by atoms with E-state index in [0.717, 1.165) is 10.6 Å². The molecular weight excluding hydrogens is 325 g/mol. The molecule has 0 saturated carbocycles. The van der Waals surface area contributed by atoms with Gasteiger partial charge in [0.25, 0.3) is 0 Å². The summed E-state index contributed by atoms with van der Waals surface area (Å²) in [5.41, 5.74) is 0. The molecule has 0 spiro atoms. The Bertz CT molecular complexity index is 297. The van der Waals surface area contributed by atoms with Crippen molar-refractivity contribution in [3.8, 4) is 0 Å². The van der Waals surface area contributed by atoms with E-state index in [0.29, 0.717) is 21.4 Å². The monoisotopic (exact) mass is 353 g/mol. The maximum atomic E-state index is 12.1. The van der Waals surface area contributed by atoms with E-state index >= 15 is 0 Å². The van der Waals surface area contributed by atoms with E-state index in [1.807, 2.05) is 20.8 Å². The van der Waals surface area contributed by atoms with E-state index in [-0.39, 0.29) is 24.6 Å². The molecule has 5 nitrogen and oxygen atoms in total. The molecule has 1 unspecified atom stereocenters. The van der Waals surface area contributed by atoms with Crippen LogP contribution in [0.2, 0.25) is 10.6 Å². The third-order valence-corrected chi connectivity index (χ3v) is 4.80. The predicted octanol–water partition coefficient (Wildman–Crippen LogP) is 2.64. The van der Waals surface area contributed by atoms with Crippen LogP contribution in [0.4, 0.5) is 4.79 Å². The topological polar surface area (TPSA) is 64.6 Å². The summed E-state index contributed by atoms with van der Waals surface area (Å²) in [5.74, 6) is -0.117. The van der Waals surface area contributed by atoms with Crippen molar-refractivity contribution in [2.24, 2.45) is 5.92 Å². The van der Waals surface area contributed by atoms with E-state index in [1.165, 1.54) is 0 Å². The first-order valence-electron chi connectivity index (χ1n) is 7.13. The molecular formula is C14H27NO4Se. The number of alkyl carbamates (subject to hydrolysis) is 1. The molecule has 0 aromatic carbocycles. The van der Waals surface area contributed by atoms with Crippen molar-refractivity contribution in [3.63, 3.8) is 0 Å². The van der Waals surface area contributed by atoms with Gasteiger partial charge in [-0.25, -0.2) is 0 Å². The Balaban J connectivity index is 4.48. The van der Waals surface area contributed by atoms with Gasteiger partial charge in [0.15, 0.2) is 0 Å². The van der Waals surface area contributed by atoms with Gasteiger partial charge in [-0.1, -0.05) is 0 Å². The normalized spacial score (nSPS) is 13.7. The first-order chi connectivity index (χ1) is 9.42. The fraction of sp³-hybridized carbons (Fsp3) is 0.857. The molecule has 0 aliphatic heterocycles. The summed E-state index contributed by atoms with van der Waals surface area (Å²) in [5, 5.41) is 4.65. The van der Waals surface area contributed by atoms with Crippen LogP contribution in [0.1, 0.15) is 41.0 Å². The average Bonchev–Trinajstić information content (AvgIpc) is 2.37. The van der Waals surface area contributed by atoms with Crippen LogP contribution >= 0.6 is 0 Å². The molecule has 1 amide bonds. The number of ether oxygens (including phenoxy) is 2. The number of hydrogen-bond acceptors (Lipinski definition) is 4. The number of carbonyl (C=O) groups is 2. The van der Waals surface area contributed by atoms with Gasteiger partial charge in [-0.2, -0.15) is 0 Å². The predicted molar refractivity (Wildman–Crippen MR) is 80.0 cm³/mol. The molecule has 0 heterocycles. The fourth-order valence-corrected chi connectivity index (χ4v) is 2.76. The molecule has 0 fully saturated rings. The first-order valence-corrected chi connectivity index (χ1v) is 9.56. The van der Waals surface area contributed by atoms with Gasteiger partial charge < -0.3 is 0 Å². The Morgan fingerprint density at radius 1 is 1.20 bits per heavy atom. The summed E-state index contributed by atoms with van der Waals surface area (Å²) in [7, 11) is 0. The summed E-state index contributed by atoms with van der Waals surface area (Å²) in [6.07, 6.45) is -0.114. The molecule has 0 aliphatic carbocycles. The van der Waals surface area contributed by atoms with Crippen LogP contribution in [-0.2, 0) is 14.3 Å². The number of amides is 1. The molecule has 0 radical (unpaired) electrons. The Hall–Kier alpha value is -0.741. The first kappa shape index (κ1) is 19.3. The zero-order valence-electron chi connectivity index (χ0n) is 13.1. The van der Waals surface area contributed by atoms with E-state index in [2.05, 4.69) is 12.2 Å². The molecule has 2 atom stereocenters. The van der Waals surface area contributed by atoms with Crippen LogP contribution in [0.3, 0.4) is 0 Å². The second-order valence-corrected chi connectivity index (χ2v) is 7.71. The zero-order chi connectivity index (χ0) is 15.5. The Labute approximate surface area is 128 Å². The number of carbonyl (C=O) groups excluding carboxylic acids is 2. The van der Waals surface area contributed by atoms with Crippen molar-refractivity contribution in [1.82, 2.24) is 5.32 Å². The molecule has 0 bridgehead atoms. The van der Waals surface area contributed by atoms with Crippen molar-refractivity contribution in [1.29, 1.82) is 0 Å². The average molecular weight is 352 g/mol. The van der Waals surface area contributed by atoms with Crippen molar-refractivity contribution < 1.29 is 19.1 Å². The van der Waals surface area contributed by atoms with E-state index in [9.17, 15) is 9.59 Å². The summed E-state index contributed by atoms with van der Waals surface area (Å²) in [4.78, 5) is 23.6. The quantitative estimate of drug-likeness (QED) is 0.394. The molecule has 0 rings (SSSR count). The minimum atomic E-state index is -0.608.